The molecule has 1 amide bonds. The third-order valence-corrected chi connectivity index (χ3v) is 4.65. The van der Waals surface area contributed by atoms with Crippen LogP contribution in [0.1, 0.15) is 12.5 Å². The van der Waals surface area contributed by atoms with E-state index in [4.69, 9.17) is 5.26 Å². The number of aromatic nitrogens is 3. The summed E-state index contributed by atoms with van der Waals surface area (Å²) in [6, 6.07) is 7.47. The highest BCUT2D eigenvalue weighted by Gasteiger charge is 2.15. The van der Waals surface area contributed by atoms with Crippen molar-refractivity contribution in [2.75, 3.05) is 5.32 Å². The van der Waals surface area contributed by atoms with E-state index in [1.807, 2.05) is 0 Å². The molecule has 0 atom stereocenters. The van der Waals surface area contributed by atoms with E-state index >= 15 is 0 Å². The molecule has 3 aromatic rings. The summed E-state index contributed by atoms with van der Waals surface area (Å²) in [6.07, 6.45) is 1.18. The number of halogens is 1. The first-order valence-electron chi connectivity index (χ1n) is 8.18. The zero-order valence-electron chi connectivity index (χ0n) is 14.7. The summed E-state index contributed by atoms with van der Waals surface area (Å²) < 4.78 is 14.9. The van der Waals surface area contributed by atoms with Crippen LogP contribution in [0, 0.1) is 17.1 Å². The largest absolute Gasteiger partial charge is 0.331 e. The van der Waals surface area contributed by atoms with Crippen molar-refractivity contribution in [3.8, 4) is 17.3 Å². The van der Waals surface area contributed by atoms with Gasteiger partial charge >= 0.3 is 5.69 Å². The SMILES string of the molecule is CCn1cc(C#N)c(=O)n(CC(=O)Nc2nc(-c3ccc(F)cc3)cs2)c1=O. The van der Waals surface area contributed by atoms with E-state index in [1.165, 1.54) is 22.9 Å². The van der Waals surface area contributed by atoms with Crippen molar-refractivity contribution in [1.29, 1.82) is 5.26 Å². The maximum atomic E-state index is 13.0. The number of hydrogen-bond acceptors (Lipinski definition) is 6. The maximum Gasteiger partial charge on any atom is 0.331 e. The number of hydrogen-bond donors (Lipinski definition) is 1. The molecule has 10 heteroatoms. The van der Waals surface area contributed by atoms with Gasteiger partial charge in [-0.15, -0.1) is 11.3 Å². The smallest absolute Gasteiger partial charge is 0.300 e. The zero-order chi connectivity index (χ0) is 20.3. The van der Waals surface area contributed by atoms with Crippen molar-refractivity contribution in [3.05, 3.63) is 68.1 Å². The van der Waals surface area contributed by atoms with Crippen LogP contribution in [-0.4, -0.2) is 20.0 Å². The van der Waals surface area contributed by atoms with E-state index in [0.29, 0.717) is 15.8 Å². The van der Waals surface area contributed by atoms with Crippen molar-refractivity contribution in [1.82, 2.24) is 14.1 Å². The van der Waals surface area contributed by atoms with Crippen LogP contribution in [0.3, 0.4) is 0 Å². The summed E-state index contributed by atoms with van der Waals surface area (Å²) in [6.45, 7) is 1.39. The Morgan fingerprint density at radius 2 is 2.04 bits per heavy atom. The molecule has 0 aliphatic heterocycles. The van der Waals surface area contributed by atoms with Crippen molar-refractivity contribution >= 4 is 22.4 Å². The van der Waals surface area contributed by atoms with Crippen LogP contribution in [0.25, 0.3) is 11.3 Å². The van der Waals surface area contributed by atoms with Gasteiger partial charge in [0, 0.05) is 23.7 Å². The quantitative estimate of drug-likeness (QED) is 0.704. The van der Waals surface area contributed by atoms with Crippen LogP contribution >= 0.6 is 11.3 Å². The highest BCUT2D eigenvalue weighted by Crippen LogP contribution is 2.24. The van der Waals surface area contributed by atoms with Crippen LogP contribution in [0.2, 0.25) is 0 Å². The number of nitriles is 1. The molecule has 28 heavy (non-hydrogen) atoms. The minimum atomic E-state index is -0.821. The fraction of sp³-hybridized carbons (Fsp3) is 0.167. The van der Waals surface area contributed by atoms with Crippen LogP contribution in [-0.2, 0) is 17.9 Å². The van der Waals surface area contributed by atoms with Crippen molar-refractivity contribution in [2.24, 2.45) is 0 Å². The minimum absolute atomic E-state index is 0.220. The van der Waals surface area contributed by atoms with Gasteiger partial charge in [-0.25, -0.2) is 18.7 Å². The molecule has 0 saturated heterocycles. The Labute approximate surface area is 162 Å². The summed E-state index contributed by atoms with van der Waals surface area (Å²) >= 11 is 1.15. The third kappa shape index (κ3) is 3.89. The molecular weight excluding hydrogens is 385 g/mol. The lowest BCUT2D eigenvalue weighted by Gasteiger charge is -2.09. The van der Waals surface area contributed by atoms with Gasteiger partial charge in [-0.05, 0) is 31.2 Å². The summed E-state index contributed by atoms with van der Waals surface area (Å²) in [5.74, 6) is -0.993. The van der Waals surface area contributed by atoms with Gasteiger partial charge in [0.05, 0.1) is 5.69 Å². The number of carbonyl (C=O) groups excluding carboxylic acids is 1. The molecule has 8 nitrogen and oxygen atoms in total. The van der Waals surface area contributed by atoms with Crippen LogP contribution in [0.5, 0.6) is 0 Å². The molecule has 0 saturated carbocycles. The number of nitrogens with one attached hydrogen (secondary N) is 1. The van der Waals surface area contributed by atoms with Crippen LogP contribution < -0.4 is 16.6 Å². The molecule has 142 valence electrons. The Bertz CT molecular complexity index is 1190. The van der Waals surface area contributed by atoms with Crippen LogP contribution in [0.15, 0.2) is 45.4 Å². The Morgan fingerprint density at radius 1 is 1.32 bits per heavy atom. The predicted molar refractivity (Wildman–Crippen MR) is 101 cm³/mol. The fourth-order valence-corrected chi connectivity index (χ4v) is 3.22. The molecular formula is C18H14FN5O3S. The average Bonchev–Trinajstić information content (AvgIpc) is 3.14. The van der Waals surface area contributed by atoms with Gasteiger partial charge in [-0.3, -0.25) is 14.2 Å². The lowest BCUT2D eigenvalue weighted by atomic mass is 10.2. The lowest BCUT2D eigenvalue weighted by molar-refractivity contribution is -0.116. The number of thiazole rings is 1. The number of rotatable bonds is 5. The first kappa shape index (κ1) is 19.2. The van der Waals surface area contributed by atoms with E-state index < -0.39 is 23.7 Å². The molecule has 1 aromatic carbocycles. The van der Waals surface area contributed by atoms with Gasteiger partial charge in [0.2, 0.25) is 5.91 Å². The number of amides is 1. The number of aryl methyl sites for hydroxylation is 1. The Kier molecular flexibility index (Phi) is 5.47. The molecule has 3 rings (SSSR count). The number of anilines is 1. The van der Waals surface area contributed by atoms with E-state index in [2.05, 4.69) is 10.3 Å². The molecule has 0 bridgehead atoms. The monoisotopic (exact) mass is 399 g/mol. The normalized spacial score (nSPS) is 10.5. The molecule has 0 aliphatic carbocycles. The van der Waals surface area contributed by atoms with E-state index in [0.717, 1.165) is 11.3 Å². The van der Waals surface area contributed by atoms with Crippen molar-refractivity contribution in [3.63, 3.8) is 0 Å². The fourth-order valence-electron chi connectivity index (χ4n) is 2.48. The van der Waals surface area contributed by atoms with Gasteiger partial charge in [0.1, 0.15) is 24.0 Å². The Balaban J connectivity index is 1.80. The van der Waals surface area contributed by atoms with E-state index in [-0.39, 0.29) is 23.1 Å². The second-order valence-electron chi connectivity index (χ2n) is 5.71. The van der Waals surface area contributed by atoms with Crippen molar-refractivity contribution < 1.29 is 9.18 Å². The molecule has 0 aliphatic rings. The molecule has 0 radical (unpaired) electrons. The first-order chi connectivity index (χ1) is 13.4. The summed E-state index contributed by atoms with van der Waals surface area (Å²) in [5, 5.41) is 13.5. The Hall–Kier alpha value is -3.58. The maximum absolute atomic E-state index is 13.0. The molecule has 0 fully saturated rings. The minimum Gasteiger partial charge on any atom is -0.300 e. The standard InChI is InChI=1S/C18H14FN5O3S/c1-2-23-8-12(7-20)16(26)24(18(23)27)9-15(25)22-17-21-14(10-28-17)11-3-5-13(19)6-4-11/h3-6,8,10H,2,9H2,1H3,(H,21,22,25). The molecule has 0 spiro atoms. The van der Waals surface area contributed by atoms with Gasteiger partial charge < -0.3 is 5.32 Å². The van der Waals surface area contributed by atoms with Crippen molar-refractivity contribution in [2.45, 2.75) is 20.0 Å². The topological polar surface area (TPSA) is 110 Å². The average molecular weight is 399 g/mol. The number of nitrogens with zero attached hydrogens (tertiary/aromatic N) is 4. The second kappa shape index (κ2) is 7.98. The molecule has 2 aromatic heterocycles. The third-order valence-electron chi connectivity index (χ3n) is 3.89. The lowest BCUT2D eigenvalue weighted by Crippen LogP contribution is -2.43. The van der Waals surface area contributed by atoms with Gasteiger partial charge in [-0.2, -0.15) is 5.26 Å². The summed E-state index contributed by atoms with van der Waals surface area (Å²) in [7, 11) is 0. The van der Waals surface area contributed by atoms with Crippen LogP contribution in [0.4, 0.5) is 9.52 Å². The zero-order valence-corrected chi connectivity index (χ0v) is 15.5. The Morgan fingerprint density at radius 3 is 2.68 bits per heavy atom. The highest BCUT2D eigenvalue weighted by atomic mass is 32.1. The molecule has 2 heterocycles. The predicted octanol–water partition coefficient (Wildman–Crippen LogP) is 1.80. The second-order valence-corrected chi connectivity index (χ2v) is 6.57. The summed E-state index contributed by atoms with van der Waals surface area (Å²) in [5.41, 5.74) is -0.479. The summed E-state index contributed by atoms with van der Waals surface area (Å²) in [4.78, 5) is 41.0. The number of carbonyl (C=O) groups is 1. The van der Waals surface area contributed by atoms with E-state index in [9.17, 15) is 18.8 Å². The molecule has 1 N–H and O–H groups in total. The first-order valence-corrected chi connectivity index (χ1v) is 9.06. The molecule has 0 unspecified atom stereocenters. The van der Waals surface area contributed by atoms with Gasteiger partial charge in [0.25, 0.3) is 5.56 Å². The van der Waals surface area contributed by atoms with Gasteiger partial charge in [-0.1, -0.05) is 0 Å². The van der Waals surface area contributed by atoms with Gasteiger partial charge in [0.15, 0.2) is 5.13 Å². The van der Waals surface area contributed by atoms with E-state index in [1.54, 1.807) is 30.5 Å². The number of benzene rings is 1. The highest BCUT2D eigenvalue weighted by molar-refractivity contribution is 7.14.